The lowest BCUT2D eigenvalue weighted by Gasteiger charge is -2.40. The first-order chi connectivity index (χ1) is 28.3. The molecule has 312 valence electrons. The summed E-state index contributed by atoms with van der Waals surface area (Å²) in [6.07, 6.45) is 0.959. The van der Waals surface area contributed by atoms with Gasteiger partial charge in [-0.1, -0.05) is 0 Å². The predicted octanol–water partition coefficient (Wildman–Crippen LogP) is 4.63. The number of nitrogens with zero attached hydrogens (tertiary/aromatic N) is 7. The van der Waals surface area contributed by atoms with Crippen molar-refractivity contribution >= 4 is 51.2 Å². The van der Waals surface area contributed by atoms with Gasteiger partial charge in [0.25, 0.3) is 5.56 Å². The van der Waals surface area contributed by atoms with Crippen LogP contribution in [0.25, 0.3) is 32.9 Å². The number of hydrogen-bond acceptors (Lipinski definition) is 10. The van der Waals surface area contributed by atoms with E-state index >= 15 is 0 Å². The number of carbonyl (C=O) groups excluding carboxylic acids is 3. The van der Waals surface area contributed by atoms with Crippen LogP contribution in [0.2, 0.25) is 0 Å². The summed E-state index contributed by atoms with van der Waals surface area (Å²) in [7, 11) is 6.73. The molecule has 0 atom stereocenters. The number of aryl methyl sites for hydroxylation is 1. The fourth-order valence-electron chi connectivity index (χ4n) is 8.79. The number of urea groups is 1. The Morgan fingerprint density at radius 3 is 2.27 bits per heavy atom. The highest BCUT2D eigenvalue weighted by Gasteiger charge is 2.41. The Labute approximate surface area is 336 Å². The highest BCUT2D eigenvalue weighted by atomic mass is 19.4. The topological polar surface area (TPSA) is 174 Å². The maximum Gasteiger partial charge on any atom is 0.420 e. The Morgan fingerprint density at radius 1 is 0.932 bits per heavy atom. The smallest absolute Gasteiger partial charge is 0.420 e. The van der Waals surface area contributed by atoms with Crippen molar-refractivity contribution in [2.75, 3.05) is 63.8 Å². The first-order valence-electron chi connectivity index (χ1n) is 19.5. The summed E-state index contributed by atoms with van der Waals surface area (Å²) in [5.74, 6) is 0.520. The van der Waals surface area contributed by atoms with Crippen LogP contribution in [0.4, 0.5) is 29.5 Å². The van der Waals surface area contributed by atoms with E-state index in [1.807, 2.05) is 24.1 Å². The highest BCUT2D eigenvalue weighted by molar-refractivity contribution is 6.09. The molecule has 8 rings (SSSR count). The number of anilines is 2. The van der Waals surface area contributed by atoms with Gasteiger partial charge >= 0.3 is 12.2 Å². The minimum absolute atomic E-state index is 0.0000320. The number of H-pyrrole nitrogens is 2. The molecule has 3 aromatic heterocycles. The summed E-state index contributed by atoms with van der Waals surface area (Å²) in [6.45, 7) is 2.52. The minimum atomic E-state index is -4.74. The zero-order valence-electron chi connectivity index (χ0n) is 33.1. The molecule has 0 aliphatic carbocycles. The van der Waals surface area contributed by atoms with E-state index in [0.717, 1.165) is 47.5 Å². The number of aromatic nitrogens is 5. The molecule has 59 heavy (non-hydrogen) atoms. The van der Waals surface area contributed by atoms with Gasteiger partial charge in [0, 0.05) is 94.3 Å². The van der Waals surface area contributed by atoms with E-state index in [4.69, 9.17) is 9.47 Å². The van der Waals surface area contributed by atoms with Gasteiger partial charge in [0.1, 0.15) is 22.6 Å². The minimum Gasteiger partial charge on any atom is -0.496 e. The molecule has 0 saturated carbocycles. The van der Waals surface area contributed by atoms with E-state index in [-0.39, 0.29) is 71.9 Å². The van der Waals surface area contributed by atoms with Crippen LogP contribution >= 0.6 is 0 Å². The monoisotopic (exact) mass is 818 g/mol. The number of carbonyl (C=O) groups is 3. The van der Waals surface area contributed by atoms with Crippen molar-refractivity contribution in [2.24, 2.45) is 13.0 Å². The number of amides is 4. The molecule has 0 bridgehead atoms. The van der Waals surface area contributed by atoms with Gasteiger partial charge in [0.05, 0.1) is 37.2 Å². The summed E-state index contributed by atoms with van der Waals surface area (Å²) in [5, 5.41) is 16.4. The fraction of sp³-hybridized carbons (Fsp3) is 0.450. The van der Waals surface area contributed by atoms with Gasteiger partial charge in [-0.15, -0.1) is 0 Å². The summed E-state index contributed by atoms with van der Waals surface area (Å²) >= 11 is 0. The number of piperidine rings is 2. The van der Waals surface area contributed by atoms with Gasteiger partial charge in [-0.2, -0.15) is 23.4 Å². The van der Waals surface area contributed by atoms with Crippen molar-refractivity contribution in [3.05, 3.63) is 58.1 Å². The molecular formula is C40H45F3N10O6. The molecule has 4 amide bonds. The third-order valence-corrected chi connectivity index (χ3v) is 12.0. The molecule has 3 saturated heterocycles. The molecule has 3 aliphatic rings. The normalized spacial score (nSPS) is 17.5. The lowest BCUT2D eigenvalue weighted by atomic mass is 9.92. The van der Waals surface area contributed by atoms with Crippen molar-refractivity contribution in [1.29, 1.82) is 0 Å². The number of aromatic amines is 2. The number of halogens is 3. The van der Waals surface area contributed by atoms with Gasteiger partial charge in [-0.3, -0.25) is 39.7 Å². The van der Waals surface area contributed by atoms with Crippen molar-refractivity contribution in [3.8, 4) is 22.6 Å². The van der Waals surface area contributed by atoms with Crippen LogP contribution in [0, 0.1) is 5.92 Å². The number of rotatable bonds is 9. The SMILES string of the molecule is COc1cc(-c2cn(C)c(=O)c3[nH]ncc23)cc(OC)c1CN1CCC(N(C)C(=O)C2CCN(c3ccc4c(N5CCC(=O)NC5=O)n[nH]c4c3C(F)(F)F)CC2)CC1. The molecule has 0 radical (unpaired) electrons. The second-order valence-electron chi connectivity index (χ2n) is 15.4. The molecule has 3 fully saturated rings. The number of benzene rings is 2. The second kappa shape index (κ2) is 15.6. The van der Waals surface area contributed by atoms with E-state index in [1.54, 1.807) is 38.6 Å². The molecule has 5 aromatic rings. The number of imide groups is 1. The van der Waals surface area contributed by atoms with Crippen LogP contribution in [-0.2, 0) is 29.4 Å². The summed E-state index contributed by atoms with van der Waals surface area (Å²) in [6, 6.07) is 6.05. The Kier molecular flexibility index (Phi) is 10.5. The highest BCUT2D eigenvalue weighted by Crippen LogP contribution is 2.44. The molecule has 19 heteroatoms. The van der Waals surface area contributed by atoms with Crippen LogP contribution in [0.5, 0.6) is 11.5 Å². The molecule has 6 heterocycles. The Morgan fingerprint density at radius 2 is 1.63 bits per heavy atom. The number of methoxy groups -OCH3 is 2. The molecule has 0 unspecified atom stereocenters. The van der Waals surface area contributed by atoms with Crippen LogP contribution in [0.3, 0.4) is 0 Å². The van der Waals surface area contributed by atoms with E-state index in [2.05, 4.69) is 30.6 Å². The average molecular weight is 819 g/mol. The Bertz CT molecular complexity index is 2470. The number of hydrogen-bond donors (Lipinski definition) is 3. The standard InChI is InChI=1S/C40H45F3N10O6/c1-49-20-27(26-19-44-46-35(26)38(49)56)23-17-30(58-3)28(31(18-23)59-4)21-51-12-9-24(10-13-51)50(2)37(55)22-7-14-52(15-8-22)29-6-5-25-34(33(29)40(41,42)43)47-48-36(25)53-16-11-32(54)45-39(53)57/h5-6,17-20,22,24H,7-16,21H2,1-4H3,(H,44,46)(H,47,48)(H,45,54,57). The average Bonchev–Trinajstić information content (AvgIpc) is 3.90. The molecule has 2 aromatic carbocycles. The van der Waals surface area contributed by atoms with Gasteiger partial charge in [0.15, 0.2) is 5.82 Å². The van der Waals surface area contributed by atoms with Crippen LogP contribution in [0.1, 0.15) is 43.2 Å². The quantitative estimate of drug-likeness (QED) is 0.191. The van der Waals surface area contributed by atoms with E-state index in [0.29, 0.717) is 41.8 Å². The zero-order chi connectivity index (χ0) is 41.7. The third-order valence-electron chi connectivity index (χ3n) is 12.0. The van der Waals surface area contributed by atoms with Crippen LogP contribution < -0.4 is 30.1 Å². The van der Waals surface area contributed by atoms with Crippen molar-refractivity contribution < 1.29 is 37.0 Å². The number of ether oxygens (including phenoxy) is 2. The number of alkyl halides is 3. The Balaban J connectivity index is 0.903. The lowest BCUT2D eigenvalue weighted by molar-refractivity contribution is -0.138. The van der Waals surface area contributed by atoms with Crippen molar-refractivity contribution in [1.82, 2.24) is 40.1 Å². The largest absolute Gasteiger partial charge is 0.496 e. The summed E-state index contributed by atoms with van der Waals surface area (Å²) < 4.78 is 57.3. The number of pyridine rings is 1. The van der Waals surface area contributed by atoms with Crippen molar-refractivity contribution in [2.45, 2.75) is 50.9 Å². The summed E-state index contributed by atoms with van der Waals surface area (Å²) in [5.41, 5.74) is 1.59. The van der Waals surface area contributed by atoms with E-state index in [9.17, 15) is 32.3 Å². The molecule has 16 nitrogen and oxygen atoms in total. The molecule has 0 spiro atoms. The van der Waals surface area contributed by atoms with E-state index < -0.39 is 23.7 Å². The number of nitrogens with one attached hydrogen (secondary N) is 3. The molecule has 3 aliphatic heterocycles. The van der Waals surface area contributed by atoms with Gasteiger partial charge in [-0.25, -0.2) is 4.79 Å². The van der Waals surface area contributed by atoms with Gasteiger partial charge in [-0.05, 0) is 55.5 Å². The maximum absolute atomic E-state index is 14.7. The number of likely N-dealkylation sites (tertiary alicyclic amines) is 1. The fourth-order valence-corrected chi connectivity index (χ4v) is 8.79. The molecule has 3 N–H and O–H groups in total. The zero-order valence-corrected chi connectivity index (χ0v) is 33.1. The summed E-state index contributed by atoms with van der Waals surface area (Å²) in [4.78, 5) is 57.5. The number of fused-ring (bicyclic) bond motifs is 2. The van der Waals surface area contributed by atoms with Gasteiger partial charge in [0.2, 0.25) is 11.8 Å². The lowest BCUT2D eigenvalue weighted by Crippen LogP contribution is -2.49. The van der Waals surface area contributed by atoms with E-state index in [1.165, 1.54) is 16.7 Å². The predicted molar refractivity (Wildman–Crippen MR) is 212 cm³/mol. The first-order valence-corrected chi connectivity index (χ1v) is 19.5. The third kappa shape index (κ3) is 7.31. The second-order valence-corrected chi connectivity index (χ2v) is 15.4. The first kappa shape index (κ1) is 39.7. The van der Waals surface area contributed by atoms with Crippen molar-refractivity contribution in [3.63, 3.8) is 0 Å². The molecular weight excluding hydrogens is 773 g/mol. The van der Waals surface area contributed by atoms with Gasteiger partial charge < -0.3 is 23.8 Å². The Hall–Kier alpha value is -6.11. The van der Waals surface area contributed by atoms with Crippen LogP contribution in [0.15, 0.2) is 41.5 Å². The van der Waals surface area contributed by atoms with Crippen LogP contribution in [-0.4, -0.2) is 113 Å². The maximum atomic E-state index is 14.7.